The quantitative estimate of drug-likeness (QED) is 0.158. The van der Waals surface area contributed by atoms with E-state index in [9.17, 15) is 0 Å². The van der Waals surface area contributed by atoms with Crippen molar-refractivity contribution in [3.63, 3.8) is 0 Å². The zero-order chi connectivity index (χ0) is 41.0. The van der Waals surface area contributed by atoms with Gasteiger partial charge in [0.25, 0.3) is 0 Å². The topological polar surface area (TPSA) is 38.7 Å². The van der Waals surface area contributed by atoms with Gasteiger partial charge in [-0.25, -0.2) is 9.97 Å². The standard InChI is InChI=1S/C59H37N3/c1-2-15-39(16-3-1)57-37-58(51-28-13-6-20-43(51)38-29-31-60-32-30-38)62-59(61-57)42-19-14-18-40(33-42)52-35-54-49-26-11-12-27-50(49)55(36-56(54)48-25-10-8-23-46(48)52)53-34-41-17-4-5-21-44(41)45-22-7-9-24-47(45)53/h1-37H. The van der Waals surface area contributed by atoms with Gasteiger partial charge in [0.05, 0.1) is 11.4 Å². The molecule has 0 radical (unpaired) electrons. The van der Waals surface area contributed by atoms with Gasteiger partial charge in [-0.1, -0.05) is 170 Å². The Morgan fingerprint density at radius 1 is 0.242 bits per heavy atom. The van der Waals surface area contributed by atoms with E-state index in [2.05, 4.69) is 199 Å². The molecule has 62 heavy (non-hydrogen) atoms. The molecule has 0 atom stereocenters. The van der Waals surface area contributed by atoms with Gasteiger partial charge in [0.1, 0.15) is 0 Å². The summed E-state index contributed by atoms with van der Waals surface area (Å²) in [5.41, 5.74) is 11.7. The SMILES string of the molecule is c1ccc(-c2cc(-c3ccccc3-c3ccncc3)nc(-c3cccc(-c4cc5c6ccccc6c(-c6cc7ccccc7c7ccccc67)cc5c5ccccc45)c3)n2)cc1. The Morgan fingerprint density at radius 3 is 1.45 bits per heavy atom. The molecule has 3 nitrogen and oxygen atoms in total. The van der Waals surface area contributed by atoms with E-state index < -0.39 is 0 Å². The number of rotatable bonds is 6. The Hall–Kier alpha value is -8.27. The van der Waals surface area contributed by atoms with Crippen LogP contribution in [0.2, 0.25) is 0 Å². The first-order chi connectivity index (χ1) is 30.7. The minimum Gasteiger partial charge on any atom is -0.265 e. The number of benzene rings is 10. The summed E-state index contributed by atoms with van der Waals surface area (Å²) in [5, 5.41) is 12.4. The third kappa shape index (κ3) is 6.02. The third-order valence-electron chi connectivity index (χ3n) is 12.4. The molecule has 288 valence electrons. The Kier molecular flexibility index (Phi) is 8.50. The molecule has 0 saturated heterocycles. The molecule has 0 N–H and O–H groups in total. The number of pyridine rings is 1. The van der Waals surface area contributed by atoms with Gasteiger partial charge in [-0.3, -0.25) is 4.98 Å². The molecule has 2 heterocycles. The van der Waals surface area contributed by atoms with E-state index in [0.717, 1.165) is 44.8 Å². The molecule has 0 amide bonds. The van der Waals surface area contributed by atoms with Gasteiger partial charge in [0, 0.05) is 29.1 Å². The molecule has 0 saturated carbocycles. The molecule has 12 rings (SSSR count). The van der Waals surface area contributed by atoms with Crippen LogP contribution in [-0.4, -0.2) is 15.0 Å². The molecule has 0 bridgehead atoms. The summed E-state index contributed by atoms with van der Waals surface area (Å²) in [5.74, 6) is 0.676. The Labute approximate surface area is 359 Å². The second-order valence-electron chi connectivity index (χ2n) is 15.9. The Morgan fingerprint density at radius 2 is 0.742 bits per heavy atom. The van der Waals surface area contributed by atoms with E-state index in [-0.39, 0.29) is 0 Å². The fraction of sp³-hybridized carbons (Fsp3) is 0. The van der Waals surface area contributed by atoms with Crippen molar-refractivity contribution in [2.24, 2.45) is 0 Å². The Balaban J connectivity index is 1.06. The highest BCUT2D eigenvalue weighted by Gasteiger charge is 2.19. The van der Waals surface area contributed by atoms with Gasteiger partial charge in [-0.15, -0.1) is 0 Å². The van der Waals surface area contributed by atoms with Crippen LogP contribution in [0.3, 0.4) is 0 Å². The fourth-order valence-electron chi connectivity index (χ4n) is 9.48. The lowest BCUT2D eigenvalue weighted by molar-refractivity contribution is 1.18. The molecule has 0 aliphatic carbocycles. The average molecular weight is 788 g/mol. The third-order valence-corrected chi connectivity index (χ3v) is 12.4. The van der Waals surface area contributed by atoms with E-state index in [4.69, 9.17) is 9.97 Å². The molecule has 0 aliphatic rings. The highest BCUT2D eigenvalue weighted by atomic mass is 14.9. The number of aromatic nitrogens is 3. The highest BCUT2D eigenvalue weighted by Crippen LogP contribution is 2.45. The van der Waals surface area contributed by atoms with Gasteiger partial charge in [-0.2, -0.15) is 0 Å². The van der Waals surface area contributed by atoms with E-state index in [0.29, 0.717) is 5.82 Å². The Bertz CT molecular complexity index is 3690. The first kappa shape index (κ1) is 35.7. The van der Waals surface area contributed by atoms with E-state index in [1.54, 1.807) is 0 Å². The van der Waals surface area contributed by atoms with Gasteiger partial charge >= 0.3 is 0 Å². The van der Waals surface area contributed by atoms with Gasteiger partial charge in [-0.05, 0) is 130 Å². The minimum absolute atomic E-state index is 0.676. The molecule has 0 aliphatic heterocycles. The van der Waals surface area contributed by atoms with Crippen LogP contribution >= 0.6 is 0 Å². The van der Waals surface area contributed by atoms with Crippen LogP contribution in [0.15, 0.2) is 225 Å². The van der Waals surface area contributed by atoms with Crippen LogP contribution in [0.25, 0.3) is 121 Å². The van der Waals surface area contributed by atoms with Crippen molar-refractivity contribution in [3.8, 4) is 67.3 Å². The van der Waals surface area contributed by atoms with Crippen molar-refractivity contribution in [2.75, 3.05) is 0 Å². The zero-order valence-electron chi connectivity index (χ0n) is 33.7. The number of hydrogen-bond donors (Lipinski definition) is 0. The smallest absolute Gasteiger partial charge is 0.160 e. The van der Waals surface area contributed by atoms with Crippen LogP contribution in [-0.2, 0) is 0 Å². The largest absolute Gasteiger partial charge is 0.265 e. The molecular formula is C59H37N3. The number of fused-ring (bicyclic) bond motifs is 8. The first-order valence-electron chi connectivity index (χ1n) is 21.1. The van der Waals surface area contributed by atoms with E-state index in [1.165, 1.54) is 70.6 Å². The minimum atomic E-state index is 0.676. The second-order valence-corrected chi connectivity index (χ2v) is 15.9. The van der Waals surface area contributed by atoms with Crippen LogP contribution < -0.4 is 0 Å². The van der Waals surface area contributed by atoms with Crippen molar-refractivity contribution in [1.29, 1.82) is 0 Å². The number of hydrogen-bond acceptors (Lipinski definition) is 3. The molecule has 2 aromatic heterocycles. The van der Waals surface area contributed by atoms with Crippen LogP contribution in [0, 0.1) is 0 Å². The van der Waals surface area contributed by atoms with Crippen molar-refractivity contribution < 1.29 is 0 Å². The lowest BCUT2D eigenvalue weighted by Gasteiger charge is -2.18. The first-order valence-corrected chi connectivity index (χ1v) is 21.1. The summed E-state index contributed by atoms with van der Waals surface area (Å²) in [6.45, 7) is 0. The zero-order valence-corrected chi connectivity index (χ0v) is 33.7. The lowest BCUT2D eigenvalue weighted by Crippen LogP contribution is -1.97. The highest BCUT2D eigenvalue weighted by molar-refractivity contribution is 6.26. The van der Waals surface area contributed by atoms with Crippen LogP contribution in [0.4, 0.5) is 0 Å². The summed E-state index contributed by atoms with van der Waals surface area (Å²) >= 11 is 0. The molecule has 3 heteroatoms. The average Bonchev–Trinajstić information content (AvgIpc) is 3.36. The number of nitrogens with zero attached hydrogens (tertiary/aromatic N) is 3. The monoisotopic (exact) mass is 787 g/mol. The van der Waals surface area contributed by atoms with Gasteiger partial charge < -0.3 is 0 Å². The molecule has 0 fully saturated rings. The molecule has 0 spiro atoms. The van der Waals surface area contributed by atoms with Gasteiger partial charge in [0.2, 0.25) is 0 Å². The van der Waals surface area contributed by atoms with Crippen molar-refractivity contribution >= 4 is 53.9 Å². The maximum absolute atomic E-state index is 5.33. The maximum Gasteiger partial charge on any atom is 0.160 e. The van der Waals surface area contributed by atoms with Crippen LogP contribution in [0.5, 0.6) is 0 Å². The maximum atomic E-state index is 5.33. The molecule has 10 aromatic carbocycles. The predicted octanol–water partition coefficient (Wildman–Crippen LogP) is 15.6. The second kappa shape index (κ2) is 14.8. The summed E-state index contributed by atoms with van der Waals surface area (Å²) in [6.07, 6.45) is 3.67. The van der Waals surface area contributed by atoms with Gasteiger partial charge in [0.15, 0.2) is 5.82 Å². The molecular weight excluding hydrogens is 751 g/mol. The normalized spacial score (nSPS) is 11.5. The molecule has 12 aromatic rings. The van der Waals surface area contributed by atoms with Crippen LogP contribution in [0.1, 0.15) is 0 Å². The summed E-state index contributed by atoms with van der Waals surface area (Å²) in [7, 11) is 0. The van der Waals surface area contributed by atoms with Crippen molar-refractivity contribution in [2.45, 2.75) is 0 Å². The van der Waals surface area contributed by atoms with Crippen molar-refractivity contribution in [3.05, 3.63) is 225 Å². The summed E-state index contributed by atoms with van der Waals surface area (Å²) in [4.78, 5) is 14.8. The summed E-state index contributed by atoms with van der Waals surface area (Å²) in [6, 6.07) is 76.3. The van der Waals surface area contributed by atoms with E-state index >= 15 is 0 Å². The van der Waals surface area contributed by atoms with Crippen molar-refractivity contribution in [1.82, 2.24) is 15.0 Å². The lowest BCUT2D eigenvalue weighted by atomic mass is 9.86. The molecule has 0 unspecified atom stereocenters. The predicted molar refractivity (Wildman–Crippen MR) is 260 cm³/mol. The summed E-state index contributed by atoms with van der Waals surface area (Å²) < 4.78 is 0. The fourth-order valence-corrected chi connectivity index (χ4v) is 9.48. The van der Waals surface area contributed by atoms with E-state index in [1.807, 2.05) is 30.6 Å².